The van der Waals surface area contributed by atoms with Crippen LogP contribution in [0.1, 0.15) is 43.4 Å². The second-order valence-corrected chi connectivity index (χ2v) is 7.67. The highest BCUT2D eigenvalue weighted by Crippen LogP contribution is 2.22. The minimum atomic E-state index is 0.312. The number of pyridine rings is 1. The maximum Gasteiger partial charge on any atom is 0.226 e. The molecule has 2 aromatic heterocycles. The van der Waals surface area contributed by atoms with Gasteiger partial charge in [0.2, 0.25) is 11.8 Å². The summed E-state index contributed by atoms with van der Waals surface area (Å²) < 4.78 is 11.6. The molecule has 4 rings (SSSR count). The maximum absolute atomic E-state index is 6.00. The normalized spacial score (nSPS) is 14.9. The van der Waals surface area contributed by atoms with Crippen LogP contribution in [0.2, 0.25) is 0 Å². The molecule has 0 atom stereocenters. The van der Waals surface area contributed by atoms with Crippen LogP contribution in [0.5, 0.6) is 5.88 Å². The summed E-state index contributed by atoms with van der Waals surface area (Å²) in [5.41, 5.74) is 2.83. The second-order valence-electron chi connectivity index (χ2n) is 7.67. The minimum absolute atomic E-state index is 0.312. The van der Waals surface area contributed by atoms with E-state index in [4.69, 9.17) is 9.15 Å². The van der Waals surface area contributed by atoms with Crippen molar-refractivity contribution < 1.29 is 9.15 Å². The third-order valence-electron chi connectivity index (χ3n) is 5.33. The number of nitrogens with one attached hydrogen (secondary N) is 2. The molecule has 0 aliphatic heterocycles. The first-order valence-corrected chi connectivity index (χ1v) is 10.9. The van der Waals surface area contributed by atoms with Crippen molar-refractivity contribution in [2.45, 2.75) is 51.3 Å². The maximum atomic E-state index is 6.00. The Balaban J connectivity index is 1.24. The summed E-state index contributed by atoms with van der Waals surface area (Å²) in [7, 11) is 1.74. The zero-order chi connectivity index (χ0) is 21.3. The highest BCUT2D eigenvalue weighted by atomic mass is 16.5. The van der Waals surface area contributed by atoms with Gasteiger partial charge >= 0.3 is 0 Å². The molecule has 0 saturated heterocycles. The van der Waals surface area contributed by atoms with Crippen molar-refractivity contribution in [1.29, 1.82) is 0 Å². The van der Waals surface area contributed by atoms with Gasteiger partial charge in [-0.1, -0.05) is 30.7 Å². The van der Waals surface area contributed by atoms with Gasteiger partial charge in [-0.05, 0) is 43.4 Å². The predicted molar refractivity (Wildman–Crippen MR) is 121 cm³/mol. The zero-order valence-corrected chi connectivity index (χ0v) is 17.9. The van der Waals surface area contributed by atoms with Gasteiger partial charge in [0.25, 0.3) is 0 Å². The zero-order valence-electron chi connectivity index (χ0n) is 17.9. The molecule has 31 heavy (non-hydrogen) atoms. The summed E-state index contributed by atoms with van der Waals surface area (Å²) >= 11 is 0. The molecule has 0 unspecified atom stereocenters. The van der Waals surface area contributed by atoms with E-state index in [9.17, 15) is 0 Å². The van der Waals surface area contributed by atoms with Gasteiger partial charge in [-0.2, -0.15) is 0 Å². The standard InChI is InChI=1S/C24H29N5O2/c1-25-24(28-16-20-17-30-23(29-20)19-8-4-2-5-9-19)27-15-18-12-13-22(26-14-18)31-21-10-6-3-7-11-21/h2,4-5,8-9,12-14,17,21H,3,6-7,10-11,15-16H2,1H3,(H2,25,27,28). The Morgan fingerprint density at radius 2 is 1.87 bits per heavy atom. The summed E-state index contributed by atoms with van der Waals surface area (Å²) in [5, 5.41) is 6.55. The van der Waals surface area contributed by atoms with Crippen molar-refractivity contribution in [3.05, 3.63) is 66.2 Å². The van der Waals surface area contributed by atoms with Crippen molar-refractivity contribution in [3.8, 4) is 17.3 Å². The summed E-state index contributed by atoms with van der Waals surface area (Å²) in [6.07, 6.45) is 9.91. The molecule has 1 aliphatic rings. The van der Waals surface area contributed by atoms with E-state index in [2.05, 4.69) is 25.6 Å². The van der Waals surface area contributed by atoms with E-state index in [0.29, 0.717) is 36.9 Å². The van der Waals surface area contributed by atoms with Crippen LogP contribution in [0.4, 0.5) is 0 Å². The Morgan fingerprint density at radius 3 is 2.61 bits per heavy atom. The first-order valence-electron chi connectivity index (χ1n) is 10.9. The molecule has 2 N–H and O–H groups in total. The molecular weight excluding hydrogens is 390 g/mol. The van der Waals surface area contributed by atoms with E-state index in [1.807, 2.05) is 48.7 Å². The lowest BCUT2D eigenvalue weighted by Crippen LogP contribution is -2.36. The SMILES string of the molecule is CN=C(NCc1ccc(OC2CCCCC2)nc1)NCc1coc(-c2ccccc2)n1. The van der Waals surface area contributed by atoms with Crippen LogP contribution < -0.4 is 15.4 Å². The molecule has 0 spiro atoms. The molecule has 2 heterocycles. The summed E-state index contributed by atoms with van der Waals surface area (Å²) in [4.78, 5) is 13.3. The van der Waals surface area contributed by atoms with Gasteiger partial charge in [-0.3, -0.25) is 4.99 Å². The van der Waals surface area contributed by atoms with Crippen LogP contribution in [0.15, 0.2) is 64.3 Å². The van der Waals surface area contributed by atoms with Crippen LogP contribution in [-0.4, -0.2) is 29.1 Å². The number of hydrogen-bond acceptors (Lipinski definition) is 5. The number of guanidine groups is 1. The third kappa shape index (κ3) is 6.07. The van der Waals surface area contributed by atoms with E-state index < -0.39 is 0 Å². The predicted octanol–water partition coefficient (Wildman–Crippen LogP) is 4.31. The minimum Gasteiger partial charge on any atom is -0.474 e. The molecule has 7 nitrogen and oxygen atoms in total. The number of rotatable bonds is 7. The van der Waals surface area contributed by atoms with Gasteiger partial charge in [-0.25, -0.2) is 9.97 Å². The van der Waals surface area contributed by atoms with Crippen molar-refractivity contribution in [2.75, 3.05) is 7.05 Å². The van der Waals surface area contributed by atoms with Crippen LogP contribution >= 0.6 is 0 Å². The average Bonchev–Trinajstić information content (AvgIpc) is 3.31. The number of ether oxygens (including phenoxy) is 1. The fraction of sp³-hybridized carbons (Fsp3) is 0.375. The molecule has 1 fully saturated rings. The second kappa shape index (κ2) is 10.6. The Kier molecular flexibility index (Phi) is 7.16. The molecule has 3 aromatic rings. The summed E-state index contributed by atoms with van der Waals surface area (Å²) in [6.45, 7) is 1.13. The molecule has 7 heteroatoms. The molecule has 1 saturated carbocycles. The Morgan fingerprint density at radius 1 is 1.06 bits per heavy atom. The lowest BCUT2D eigenvalue weighted by molar-refractivity contribution is 0.148. The number of benzene rings is 1. The number of hydrogen-bond donors (Lipinski definition) is 2. The molecule has 1 aromatic carbocycles. The van der Waals surface area contributed by atoms with Crippen molar-refractivity contribution in [3.63, 3.8) is 0 Å². The number of aliphatic imine (C=N–C) groups is 1. The van der Waals surface area contributed by atoms with Gasteiger partial charge in [0.05, 0.1) is 12.2 Å². The van der Waals surface area contributed by atoms with Crippen LogP contribution in [0, 0.1) is 0 Å². The highest BCUT2D eigenvalue weighted by molar-refractivity contribution is 5.79. The van der Waals surface area contributed by atoms with Crippen molar-refractivity contribution in [1.82, 2.24) is 20.6 Å². The fourth-order valence-corrected chi connectivity index (χ4v) is 3.62. The summed E-state index contributed by atoms with van der Waals surface area (Å²) in [6, 6.07) is 13.8. The first kappa shape index (κ1) is 20.9. The van der Waals surface area contributed by atoms with E-state index >= 15 is 0 Å². The van der Waals surface area contributed by atoms with E-state index in [1.165, 1.54) is 19.3 Å². The third-order valence-corrected chi connectivity index (χ3v) is 5.33. The van der Waals surface area contributed by atoms with Crippen LogP contribution in [0.25, 0.3) is 11.5 Å². The average molecular weight is 420 g/mol. The quantitative estimate of drug-likeness (QED) is 0.438. The number of aromatic nitrogens is 2. The van der Waals surface area contributed by atoms with Gasteiger partial charge in [0.1, 0.15) is 12.4 Å². The summed E-state index contributed by atoms with van der Waals surface area (Å²) in [5.74, 6) is 2.01. The molecule has 0 radical (unpaired) electrons. The van der Waals surface area contributed by atoms with Gasteiger partial charge in [0.15, 0.2) is 5.96 Å². The number of oxazole rings is 1. The van der Waals surface area contributed by atoms with E-state index in [0.717, 1.165) is 29.7 Å². The van der Waals surface area contributed by atoms with Gasteiger partial charge in [0, 0.05) is 31.4 Å². The fourth-order valence-electron chi connectivity index (χ4n) is 3.62. The lowest BCUT2D eigenvalue weighted by atomic mass is 9.98. The highest BCUT2D eigenvalue weighted by Gasteiger charge is 2.15. The molecule has 1 aliphatic carbocycles. The Labute approximate surface area is 183 Å². The van der Waals surface area contributed by atoms with E-state index in [1.54, 1.807) is 13.3 Å². The van der Waals surface area contributed by atoms with Gasteiger partial charge < -0.3 is 19.8 Å². The lowest BCUT2D eigenvalue weighted by Gasteiger charge is -2.22. The molecule has 0 amide bonds. The monoisotopic (exact) mass is 419 g/mol. The first-order chi connectivity index (χ1) is 15.3. The topological polar surface area (TPSA) is 84.6 Å². The molecule has 162 valence electrons. The Hall–Kier alpha value is -3.35. The largest absolute Gasteiger partial charge is 0.474 e. The van der Waals surface area contributed by atoms with Crippen LogP contribution in [-0.2, 0) is 13.1 Å². The molecular formula is C24H29N5O2. The van der Waals surface area contributed by atoms with Gasteiger partial charge in [-0.15, -0.1) is 0 Å². The molecule has 0 bridgehead atoms. The van der Waals surface area contributed by atoms with Crippen LogP contribution in [0.3, 0.4) is 0 Å². The van der Waals surface area contributed by atoms with Crippen molar-refractivity contribution in [2.24, 2.45) is 4.99 Å². The van der Waals surface area contributed by atoms with E-state index in [-0.39, 0.29) is 0 Å². The smallest absolute Gasteiger partial charge is 0.226 e. The van der Waals surface area contributed by atoms with Crippen molar-refractivity contribution >= 4 is 5.96 Å². The number of nitrogens with zero attached hydrogens (tertiary/aromatic N) is 3. The Bertz CT molecular complexity index is 963.